The van der Waals surface area contributed by atoms with Crippen LogP contribution in [0.2, 0.25) is 10.0 Å². The quantitative estimate of drug-likeness (QED) is 0.660. The van der Waals surface area contributed by atoms with Crippen LogP contribution in [0.1, 0.15) is 18.9 Å². The molecule has 0 amide bonds. The molecule has 3 heteroatoms. The maximum absolute atomic E-state index is 5.91. The second kappa shape index (κ2) is 5.65. The molecule has 1 aromatic carbocycles. The van der Waals surface area contributed by atoms with E-state index in [2.05, 4.69) is 6.08 Å². The topological polar surface area (TPSA) is 0 Å². The van der Waals surface area contributed by atoms with E-state index >= 15 is 0 Å². The first-order valence-electron chi connectivity index (χ1n) is 4.33. The van der Waals surface area contributed by atoms with Gasteiger partial charge in [-0.25, -0.2) is 0 Å². The standard InChI is InChI=1S/C11H11Cl3/c1-8(3-2-6-12)9-4-5-10(13)11(14)7-9/h3-5,7H,2,6H2,1H3/b8-3-. The zero-order valence-electron chi connectivity index (χ0n) is 7.86. The van der Waals surface area contributed by atoms with Crippen LogP contribution >= 0.6 is 34.8 Å². The molecule has 0 saturated carbocycles. The van der Waals surface area contributed by atoms with E-state index < -0.39 is 0 Å². The van der Waals surface area contributed by atoms with Crippen molar-refractivity contribution in [2.24, 2.45) is 0 Å². The fourth-order valence-corrected chi connectivity index (χ4v) is 1.54. The molecule has 0 radical (unpaired) electrons. The zero-order valence-corrected chi connectivity index (χ0v) is 10.1. The first-order valence-corrected chi connectivity index (χ1v) is 5.62. The van der Waals surface area contributed by atoms with Crippen molar-refractivity contribution in [3.63, 3.8) is 0 Å². The highest BCUT2D eigenvalue weighted by molar-refractivity contribution is 6.42. The normalized spacial score (nSPS) is 11.9. The number of benzene rings is 1. The van der Waals surface area contributed by atoms with Crippen LogP contribution in [0.5, 0.6) is 0 Å². The van der Waals surface area contributed by atoms with Crippen molar-refractivity contribution >= 4 is 40.4 Å². The Bertz CT molecular complexity index is 342. The minimum absolute atomic E-state index is 0.584. The van der Waals surface area contributed by atoms with Gasteiger partial charge in [0, 0.05) is 5.88 Å². The van der Waals surface area contributed by atoms with Crippen molar-refractivity contribution in [1.29, 1.82) is 0 Å². The van der Waals surface area contributed by atoms with Crippen LogP contribution in [0.4, 0.5) is 0 Å². The Morgan fingerprint density at radius 1 is 1.29 bits per heavy atom. The number of alkyl halides is 1. The highest BCUT2D eigenvalue weighted by Gasteiger charge is 2.00. The number of rotatable bonds is 3. The largest absolute Gasteiger partial charge is 0.126 e. The number of hydrogen-bond acceptors (Lipinski definition) is 0. The third kappa shape index (κ3) is 3.20. The van der Waals surface area contributed by atoms with Gasteiger partial charge in [0.1, 0.15) is 0 Å². The maximum atomic E-state index is 5.91. The van der Waals surface area contributed by atoms with Crippen LogP contribution in [0.25, 0.3) is 5.57 Å². The van der Waals surface area contributed by atoms with E-state index in [1.165, 1.54) is 5.57 Å². The molecule has 0 saturated heterocycles. The lowest BCUT2D eigenvalue weighted by Crippen LogP contribution is -1.81. The molecular weight excluding hydrogens is 238 g/mol. The fourth-order valence-electron chi connectivity index (χ4n) is 1.13. The minimum Gasteiger partial charge on any atom is -0.126 e. The molecule has 0 aliphatic rings. The van der Waals surface area contributed by atoms with Crippen LogP contribution in [-0.2, 0) is 0 Å². The Morgan fingerprint density at radius 2 is 2.00 bits per heavy atom. The minimum atomic E-state index is 0.584. The van der Waals surface area contributed by atoms with Gasteiger partial charge in [0.15, 0.2) is 0 Å². The van der Waals surface area contributed by atoms with Crippen molar-refractivity contribution < 1.29 is 0 Å². The van der Waals surface area contributed by atoms with E-state index in [4.69, 9.17) is 34.8 Å². The zero-order chi connectivity index (χ0) is 10.6. The number of hydrogen-bond donors (Lipinski definition) is 0. The highest BCUT2D eigenvalue weighted by Crippen LogP contribution is 2.26. The van der Waals surface area contributed by atoms with Gasteiger partial charge >= 0.3 is 0 Å². The molecule has 0 fully saturated rings. The Kier molecular flexibility index (Phi) is 4.80. The molecule has 1 rings (SSSR count). The van der Waals surface area contributed by atoms with E-state index in [9.17, 15) is 0 Å². The summed E-state index contributed by atoms with van der Waals surface area (Å²) >= 11 is 17.3. The molecule has 0 spiro atoms. The molecule has 0 heterocycles. The molecule has 0 aromatic heterocycles. The molecule has 0 aliphatic carbocycles. The second-order valence-corrected chi connectivity index (χ2v) is 4.19. The second-order valence-electron chi connectivity index (χ2n) is 2.99. The van der Waals surface area contributed by atoms with Gasteiger partial charge in [0.25, 0.3) is 0 Å². The lowest BCUT2D eigenvalue weighted by atomic mass is 10.1. The van der Waals surface area contributed by atoms with E-state index in [0.29, 0.717) is 15.9 Å². The summed E-state index contributed by atoms with van der Waals surface area (Å²) in [6.07, 6.45) is 2.96. The van der Waals surface area contributed by atoms with Gasteiger partial charge in [-0.1, -0.05) is 35.3 Å². The van der Waals surface area contributed by atoms with Crippen LogP contribution in [0.3, 0.4) is 0 Å². The van der Waals surface area contributed by atoms with E-state index in [-0.39, 0.29) is 0 Å². The molecule has 76 valence electrons. The molecule has 1 aromatic rings. The number of halogens is 3. The first kappa shape index (κ1) is 11.9. The van der Waals surface area contributed by atoms with Gasteiger partial charge < -0.3 is 0 Å². The van der Waals surface area contributed by atoms with Gasteiger partial charge in [0.2, 0.25) is 0 Å². The van der Waals surface area contributed by atoms with Crippen molar-refractivity contribution in [2.45, 2.75) is 13.3 Å². The molecule has 0 bridgehead atoms. The molecular formula is C11H11Cl3. The Morgan fingerprint density at radius 3 is 2.57 bits per heavy atom. The lowest BCUT2D eigenvalue weighted by Gasteiger charge is -2.03. The maximum Gasteiger partial charge on any atom is 0.0598 e. The highest BCUT2D eigenvalue weighted by atomic mass is 35.5. The monoisotopic (exact) mass is 248 g/mol. The van der Waals surface area contributed by atoms with Crippen LogP contribution in [0, 0.1) is 0 Å². The number of allylic oxidation sites excluding steroid dienone is 2. The van der Waals surface area contributed by atoms with Crippen LogP contribution in [-0.4, -0.2) is 5.88 Å². The first-order chi connectivity index (χ1) is 6.65. The summed E-state index contributed by atoms with van der Waals surface area (Å²) in [6, 6.07) is 5.62. The molecule has 0 N–H and O–H groups in total. The molecule has 0 unspecified atom stereocenters. The van der Waals surface area contributed by atoms with Gasteiger partial charge in [-0.3, -0.25) is 0 Å². The van der Waals surface area contributed by atoms with Crippen molar-refractivity contribution in [2.75, 3.05) is 5.88 Å². The van der Waals surface area contributed by atoms with Crippen molar-refractivity contribution in [3.05, 3.63) is 39.9 Å². The Labute approximate surface area is 99.5 Å². The molecule has 0 atom stereocenters. The van der Waals surface area contributed by atoms with Crippen molar-refractivity contribution in [3.8, 4) is 0 Å². The van der Waals surface area contributed by atoms with Crippen molar-refractivity contribution in [1.82, 2.24) is 0 Å². The van der Waals surface area contributed by atoms with Gasteiger partial charge in [-0.2, -0.15) is 0 Å². The summed E-state index contributed by atoms with van der Waals surface area (Å²) in [7, 11) is 0. The summed E-state index contributed by atoms with van der Waals surface area (Å²) in [6.45, 7) is 2.03. The Balaban J connectivity index is 2.91. The fraction of sp³-hybridized carbons (Fsp3) is 0.273. The summed E-state index contributed by atoms with van der Waals surface area (Å²) in [5, 5.41) is 1.17. The third-order valence-electron chi connectivity index (χ3n) is 1.93. The average molecular weight is 250 g/mol. The van der Waals surface area contributed by atoms with E-state index in [1.54, 1.807) is 6.07 Å². The molecule has 0 aliphatic heterocycles. The summed E-state index contributed by atoms with van der Waals surface area (Å²) in [4.78, 5) is 0. The van der Waals surface area contributed by atoms with Gasteiger partial charge in [-0.05, 0) is 36.6 Å². The summed E-state index contributed by atoms with van der Waals surface area (Å²) in [5.41, 5.74) is 2.26. The predicted molar refractivity (Wildman–Crippen MR) is 65.5 cm³/mol. The average Bonchev–Trinajstić information content (AvgIpc) is 2.18. The molecule has 0 nitrogen and oxygen atoms in total. The lowest BCUT2D eigenvalue weighted by molar-refractivity contribution is 1.23. The van der Waals surface area contributed by atoms with Crippen LogP contribution in [0.15, 0.2) is 24.3 Å². The van der Waals surface area contributed by atoms with E-state index in [1.807, 2.05) is 19.1 Å². The predicted octanol–water partition coefficient (Wildman–Crippen LogP) is 5.03. The smallest absolute Gasteiger partial charge is 0.0598 e. The SMILES string of the molecule is C/C(=C/CCCl)c1ccc(Cl)c(Cl)c1. The summed E-state index contributed by atoms with van der Waals surface area (Å²) in [5.74, 6) is 0.638. The summed E-state index contributed by atoms with van der Waals surface area (Å²) < 4.78 is 0. The van der Waals surface area contributed by atoms with Gasteiger partial charge in [0.05, 0.1) is 10.0 Å². The van der Waals surface area contributed by atoms with Crippen LogP contribution < -0.4 is 0 Å². The Hall–Kier alpha value is -0.170. The third-order valence-corrected chi connectivity index (χ3v) is 2.89. The van der Waals surface area contributed by atoms with E-state index in [0.717, 1.165) is 12.0 Å². The molecule has 14 heavy (non-hydrogen) atoms. The van der Waals surface area contributed by atoms with Gasteiger partial charge in [-0.15, -0.1) is 11.6 Å².